The fourth-order valence-electron chi connectivity index (χ4n) is 1.06. The lowest BCUT2D eigenvalue weighted by Gasteiger charge is -2.22. The molecule has 98 valence electrons. The maximum absolute atomic E-state index is 12.2. The van der Waals surface area contributed by atoms with Crippen molar-refractivity contribution in [2.75, 3.05) is 13.0 Å². The van der Waals surface area contributed by atoms with Gasteiger partial charge in [-0.3, -0.25) is 4.57 Å². The summed E-state index contributed by atoms with van der Waals surface area (Å²) in [5.74, 6) is 0. The van der Waals surface area contributed by atoms with Crippen molar-refractivity contribution in [3.63, 3.8) is 0 Å². The predicted molar refractivity (Wildman–Crippen MR) is 62.5 cm³/mol. The van der Waals surface area contributed by atoms with E-state index in [0.717, 1.165) is 0 Å². The van der Waals surface area contributed by atoms with E-state index in [2.05, 4.69) is 0 Å². The summed E-state index contributed by atoms with van der Waals surface area (Å²) < 4.78 is 27.8. The topological polar surface area (TPSA) is 65.0 Å². The van der Waals surface area contributed by atoms with Crippen molar-refractivity contribution in [1.29, 1.82) is 0 Å². The highest BCUT2D eigenvalue weighted by Crippen LogP contribution is 2.50. The van der Waals surface area contributed by atoms with Crippen LogP contribution in [0.4, 0.5) is 0 Å². The van der Waals surface area contributed by atoms with Gasteiger partial charge in [0.2, 0.25) is 0 Å². The molecule has 1 N–H and O–H groups in total. The van der Waals surface area contributed by atoms with Crippen molar-refractivity contribution in [3.05, 3.63) is 0 Å². The molecule has 0 heterocycles. The molecule has 1 atom stereocenters. The molecule has 0 aliphatic carbocycles. The molecule has 0 bridgehead atoms. The number of aliphatic hydroxyl groups is 1. The molecule has 0 saturated heterocycles. The van der Waals surface area contributed by atoms with Crippen LogP contribution in [0.3, 0.4) is 0 Å². The van der Waals surface area contributed by atoms with E-state index in [1.165, 1.54) is 0 Å². The van der Waals surface area contributed by atoms with Crippen LogP contribution in [0.15, 0.2) is 0 Å². The van der Waals surface area contributed by atoms with Gasteiger partial charge in [0, 0.05) is 0 Å². The maximum atomic E-state index is 12.2. The van der Waals surface area contributed by atoms with Crippen LogP contribution >= 0.6 is 7.60 Å². The monoisotopic (exact) mass is 254 g/mol. The van der Waals surface area contributed by atoms with Crippen LogP contribution in [0.5, 0.6) is 0 Å². The van der Waals surface area contributed by atoms with E-state index in [-0.39, 0.29) is 25.2 Å². The van der Waals surface area contributed by atoms with Crippen LogP contribution in [0.1, 0.15) is 34.6 Å². The van der Waals surface area contributed by atoms with E-state index in [9.17, 15) is 4.57 Å². The Kier molecular flexibility index (Phi) is 7.44. The molecule has 0 spiro atoms. The SMILES string of the molecule is CC(O)COCP(=O)(OC(C)C)OC(C)C. The highest BCUT2D eigenvalue weighted by Gasteiger charge is 2.28. The summed E-state index contributed by atoms with van der Waals surface area (Å²) in [4.78, 5) is 0. The molecule has 0 aliphatic rings. The van der Waals surface area contributed by atoms with Crippen LogP contribution in [0.25, 0.3) is 0 Å². The molecule has 16 heavy (non-hydrogen) atoms. The van der Waals surface area contributed by atoms with E-state index < -0.39 is 13.7 Å². The molecule has 0 fully saturated rings. The first-order valence-corrected chi connectivity index (χ1v) is 7.19. The largest absolute Gasteiger partial charge is 0.391 e. The standard InChI is InChI=1S/C10H23O5P/c1-8(2)14-16(12,15-9(3)4)7-13-6-10(5)11/h8-11H,6-7H2,1-5H3. The molecule has 5 nitrogen and oxygen atoms in total. The first-order chi connectivity index (χ1) is 7.25. The summed E-state index contributed by atoms with van der Waals surface area (Å²) in [5.41, 5.74) is 0. The van der Waals surface area contributed by atoms with Gasteiger partial charge in [-0.05, 0) is 34.6 Å². The summed E-state index contributed by atoms with van der Waals surface area (Å²) >= 11 is 0. The second-order valence-corrected chi connectivity index (χ2v) is 6.17. The van der Waals surface area contributed by atoms with E-state index in [1.54, 1.807) is 34.6 Å². The van der Waals surface area contributed by atoms with Crippen molar-refractivity contribution in [2.24, 2.45) is 0 Å². The molecule has 0 aliphatic heterocycles. The number of aliphatic hydroxyl groups excluding tert-OH is 1. The van der Waals surface area contributed by atoms with Gasteiger partial charge in [-0.25, -0.2) is 0 Å². The van der Waals surface area contributed by atoms with Crippen LogP contribution in [-0.4, -0.2) is 36.4 Å². The van der Waals surface area contributed by atoms with Gasteiger partial charge in [-0.15, -0.1) is 0 Å². The minimum absolute atomic E-state index is 0.118. The van der Waals surface area contributed by atoms with Crippen LogP contribution < -0.4 is 0 Å². The first-order valence-electron chi connectivity index (χ1n) is 5.47. The van der Waals surface area contributed by atoms with Gasteiger partial charge in [0.05, 0.1) is 24.9 Å². The summed E-state index contributed by atoms with van der Waals surface area (Å²) in [6.07, 6.45) is -1.11. The molecule has 0 rings (SSSR count). The van der Waals surface area contributed by atoms with Crippen molar-refractivity contribution < 1.29 is 23.5 Å². The van der Waals surface area contributed by atoms with E-state index in [1.807, 2.05) is 0 Å². The third-order valence-corrected chi connectivity index (χ3v) is 3.34. The van der Waals surface area contributed by atoms with Crippen molar-refractivity contribution in [2.45, 2.75) is 52.9 Å². The molecule has 6 heteroatoms. The Labute approximate surface area is 97.6 Å². The van der Waals surface area contributed by atoms with E-state index >= 15 is 0 Å². The molecule has 0 aromatic heterocycles. The van der Waals surface area contributed by atoms with Crippen molar-refractivity contribution in [1.82, 2.24) is 0 Å². The predicted octanol–water partition coefficient (Wildman–Crippen LogP) is 2.38. The zero-order valence-corrected chi connectivity index (χ0v) is 11.6. The van der Waals surface area contributed by atoms with E-state index in [0.29, 0.717) is 0 Å². The third-order valence-electron chi connectivity index (χ3n) is 1.35. The highest BCUT2D eigenvalue weighted by atomic mass is 31.2. The molecule has 0 aromatic rings. The quantitative estimate of drug-likeness (QED) is 0.674. The van der Waals surface area contributed by atoms with Crippen molar-refractivity contribution >= 4 is 7.60 Å². The first kappa shape index (κ1) is 16.1. The minimum Gasteiger partial charge on any atom is -0.391 e. The smallest absolute Gasteiger partial charge is 0.356 e. The Bertz CT molecular complexity index is 213. The fraction of sp³-hybridized carbons (Fsp3) is 1.00. The van der Waals surface area contributed by atoms with Gasteiger partial charge in [0.15, 0.2) is 0 Å². The maximum Gasteiger partial charge on any atom is 0.356 e. The third kappa shape index (κ3) is 8.25. The number of hydrogen-bond acceptors (Lipinski definition) is 5. The molecule has 0 radical (unpaired) electrons. The zero-order chi connectivity index (χ0) is 12.8. The molecule has 0 amide bonds. The molecular weight excluding hydrogens is 231 g/mol. The van der Waals surface area contributed by atoms with E-state index in [4.69, 9.17) is 18.9 Å². The van der Waals surface area contributed by atoms with Crippen LogP contribution in [0.2, 0.25) is 0 Å². The Hall–Kier alpha value is 0.0700. The van der Waals surface area contributed by atoms with Gasteiger partial charge in [-0.1, -0.05) is 0 Å². The fourth-order valence-corrected chi connectivity index (χ4v) is 2.85. The van der Waals surface area contributed by atoms with Gasteiger partial charge >= 0.3 is 7.60 Å². The molecule has 1 unspecified atom stereocenters. The highest BCUT2D eigenvalue weighted by molar-refractivity contribution is 7.53. The van der Waals surface area contributed by atoms with Crippen LogP contribution in [-0.2, 0) is 18.3 Å². The average Bonchev–Trinajstić information content (AvgIpc) is 1.98. The Morgan fingerprint density at radius 1 is 1.06 bits per heavy atom. The number of ether oxygens (including phenoxy) is 1. The lowest BCUT2D eigenvalue weighted by Crippen LogP contribution is -2.15. The lowest BCUT2D eigenvalue weighted by atomic mass is 10.5. The average molecular weight is 254 g/mol. The van der Waals surface area contributed by atoms with Gasteiger partial charge in [0.1, 0.15) is 6.35 Å². The second kappa shape index (κ2) is 7.41. The molecule has 0 saturated carbocycles. The molecular formula is C10H23O5P. The molecule has 0 aromatic carbocycles. The minimum atomic E-state index is -3.22. The van der Waals surface area contributed by atoms with Gasteiger partial charge in [0.25, 0.3) is 0 Å². The van der Waals surface area contributed by atoms with Gasteiger partial charge < -0.3 is 18.9 Å². The Morgan fingerprint density at radius 2 is 1.50 bits per heavy atom. The lowest BCUT2D eigenvalue weighted by molar-refractivity contribution is 0.0483. The zero-order valence-electron chi connectivity index (χ0n) is 10.7. The summed E-state index contributed by atoms with van der Waals surface area (Å²) in [7, 11) is -3.22. The number of rotatable bonds is 8. The van der Waals surface area contributed by atoms with Crippen molar-refractivity contribution in [3.8, 4) is 0 Å². The normalized spacial score (nSPS) is 14.8. The Balaban J connectivity index is 4.25. The van der Waals surface area contributed by atoms with Gasteiger partial charge in [-0.2, -0.15) is 0 Å². The number of hydrogen-bond donors (Lipinski definition) is 1. The summed E-state index contributed by atoms with van der Waals surface area (Å²) in [6.45, 7) is 8.84. The summed E-state index contributed by atoms with van der Waals surface area (Å²) in [5, 5.41) is 9.02. The Morgan fingerprint density at radius 3 is 1.81 bits per heavy atom. The summed E-state index contributed by atoms with van der Waals surface area (Å²) in [6, 6.07) is 0. The van der Waals surface area contributed by atoms with Crippen LogP contribution in [0, 0.1) is 0 Å². The second-order valence-electron chi connectivity index (χ2n) is 4.27.